The van der Waals surface area contributed by atoms with E-state index in [1.165, 1.54) is 6.07 Å². The van der Waals surface area contributed by atoms with Crippen LogP contribution >= 0.6 is 11.6 Å². The number of H-pyrrole nitrogens is 1. The summed E-state index contributed by atoms with van der Waals surface area (Å²) in [6, 6.07) is 8.35. The molecule has 4 rings (SSSR count). The van der Waals surface area contributed by atoms with Crippen molar-refractivity contribution in [2.24, 2.45) is 0 Å². The zero-order valence-corrected chi connectivity index (χ0v) is 15.8. The van der Waals surface area contributed by atoms with Gasteiger partial charge in [-0.2, -0.15) is 8.78 Å². The minimum atomic E-state index is -2.85. The number of hydrogen-bond donors (Lipinski definition) is 2. The molecule has 148 valence electrons. The fourth-order valence-electron chi connectivity index (χ4n) is 2.95. The zero-order valence-electron chi connectivity index (χ0n) is 15.1. The summed E-state index contributed by atoms with van der Waals surface area (Å²) in [6.45, 7) is -2.47. The molecule has 0 unspecified atom stereocenters. The molecule has 29 heavy (non-hydrogen) atoms. The van der Waals surface area contributed by atoms with Crippen molar-refractivity contribution in [1.29, 1.82) is 0 Å². The summed E-state index contributed by atoms with van der Waals surface area (Å²) in [5.74, 6) is 0.557. The number of nitrogens with zero attached hydrogens (tertiary/aromatic N) is 3. The number of anilines is 1. The number of rotatable bonds is 7. The number of hydrogen-bond acceptors (Lipinski definition) is 5. The SMILES string of the molecule is FC(F)Oc1cccc(CNc2ncc(Cc3c[nH]c4ncc(Cl)cc34)cn2)c1. The highest BCUT2D eigenvalue weighted by molar-refractivity contribution is 6.31. The van der Waals surface area contributed by atoms with E-state index < -0.39 is 6.61 Å². The fraction of sp³-hybridized carbons (Fsp3) is 0.150. The van der Waals surface area contributed by atoms with Crippen LogP contribution in [0.15, 0.2) is 55.1 Å². The highest BCUT2D eigenvalue weighted by Gasteiger charge is 2.08. The van der Waals surface area contributed by atoms with E-state index in [2.05, 4.69) is 30.0 Å². The third kappa shape index (κ3) is 4.78. The Hall–Kier alpha value is -3.26. The third-order valence-corrected chi connectivity index (χ3v) is 4.46. The normalized spacial score (nSPS) is 11.2. The molecule has 3 heterocycles. The summed E-state index contributed by atoms with van der Waals surface area (Å²) in [7, 11) is 0. The van der Waals surface area contributed by atoms with E-state index >= 15 is 0 Å². The van der Waals surface area contributed by atoms with E-state index in [0.29, 0.717) is 23.9 Å². The van der Waals surface area contributed by atoms with Crippen molar-refractivity contribution < 1.29 is 13.5 Å². The molecule has 0 saturated carbocycles. The van der Waals surface area contributed by atoms with Gasteiger partial charge in [0.05, 0.1) is 5.02 Å². The minimum absolute atomic E-state index is 0.115. The number of benzene rings is 1. The Morgan fingerprint density at radius 2 is 1.90 bits per heavy atom. The van der Waals surface area contributed by atoms with Crippen molar-refractivity contribution in [3.63, 3.8) is 0 Å². The molecule has 0 bridgehead atoms. The smallest absolute Gasteiger partial charge is 0.387 e. The molecule has 0 atom stereocenters. The van der Waals surface area contributed by atoms with Crippen molar-refractivity contribution in [1.82, 2.24) is 19.9 Å². The number of fused-ring (bicyclic) bond motifs is 1. The number of nitrogens with one attached hydrogen (secondary N) is 2. The lowest BCUT2D eigenvalue weighted by molar-refractivity contribution is -0.0498. The summed E-state index contributed by atoms with van der Waals surface area (Å²) in [4.78, 5) is 16.0. The number of aromatic amines is 1. The van der Waals surface area contributed by atoms with Gasteiger partial charge in [-0.1, -0.05) is 23.7 Å². The van der Waals surface area contributed by atoms with E-state index in [-0.39, 0.29) is 5.75 Å². The molecule has 6 nitrogen and oxygen atoms in total. The number of halogens is 3. The molecule has 0 spiro atoms. The molecule has 3 aromatic heterocycles. The number of pyridine rings is 1. The predicted molar refractivity (Wildman–Crippen MR) is 106 cm³/mol. The standard InChI is InChI=1S/C20H16ClF2N5O/c21-15-6-17-14(10-24-18(17)25-11-15)4-13-8-27-20(28-9-13)26-7-12-2-1-3-16(5-12)29-19(22)23/h1-3,5-6,8-11,19H,4,7H2,(H,24,25)(H,26,27,28). The topological polar surface area (TPSA) is 75.7 Å². The van der Waals surface area contributed by atoms with E-state index in [1.807, 2.05) is 12.3 Å². The van der Waals surface area contributed by atoms with Gasteiger partial charge in [-0.15, -0.1) is 0 Å². The molecule has 9 heteroatoms. The summed E-state index contributed by atoms with van der Waals surface area (Å²) in [6.07, 6.45) is 7.61. The van der Waals surface area contributed by atoms with E-state index in [9.17, 15) is 8.78 Å². The van der Waals surface area contributed by atoms with Crippen molar-refractivity contribution >= 4 is 28.6 Å². The molecule has 0 radical (unpaired) electrons. The van der Waals surface area contributed by atoms with Crippen LogP contribution in [0.1, 0.15) is 16.7 Å². The van der Waals surface area contributed by atoms with Crippen LogP contribution in [0.25, 0.3) is 11.0 Å². The van der Waals surface area contributed by atoms with Crippen molar-refractivity contribution in [2.45, 2.75) is 19.6 Å². The Morgan fingerprint density at radius 3 is 2.69 bits per heavy atom. The van der Waals surface area contributed by atoms with E-state index in [4.69, 9.17) is 11.6 Å². The van der Waals surface area contributed by atoms with Crippen LogP contribution in [0.5, 0.6) is 5.75 Å². The maximum atomic E-state index is 12.3. The van der Waals surface area contributed by atoms with Crippen LogP contribution in [0.4, 0.5) is 14.7 Å². The maximum absolute atomic E-state index is 12.3. The molecule has 0 aliphatic heterocycles. The first-order valence-corrected chi connectivity index (χ1v) is 9.14. The van der Waals surface area contributed by atoms with Gasteiger partial charge in [0.15, 0.2) is 0 Å². The Labute approximate surface area is 169 Å². The van der Waals surface area contributed by atoms with Gasteiger partial charge in [0.25, 0.3) is 0 Å². The molecule has 0 saturated heterocycles. The second-order valence-electron chi connectivity index (χ2n) is 6.33. The third-order valence-electron chi connectivity index (χ3n) is 4.26. The van der Waals surface area contributed by atoms with Crippen LogP contribution in [-0.4, -0.2) is 26.5 Å². The summed E-state index contributed by atoms with van der Waals surface area (Å²) in [5.41, 5.74) is 3.54. The second kappa shape index (κ2) is 8.40. The van der Waals surface area contributed by atoms with Crippen molar-refractivity contribution in [2.75, 3.05) is 5.32 Å². The van der Waals surface area contributed by atoms with Crippen LogP contribution in [0.2, 0.25) is 5.02 Å². The quantitative estimate of drug-likeness (QED) is 0.453. The van der Waals surface area contributed by atoms with Gasteiger partial charge in [-0.25, -0.2) is 15.0 Å². The van der Waals surface area contributed by atoms with Crippen LogP contribution in [0.3, 0.4) is 0 Å². The van der Waals surface area contributed by atoms with Gasteiger partial charge in [0, 0.05) is 43.1 Å². The number of aromatic nitrogens is 4. The lowest BCUT2D eigenvalue weighted by Crippen LogP contribution is -2.05. The van der Waals surface area contributed by atoms with Gasteiger partial charge in [0.2, 0.25) is 5.95 Å². The second-order valence-corrected chi connectivity index (χ2v) is 6.77. The first kappa shape index (κ1) is 19.1. The van der Waals surface area contributed by atoms with Crippen LogP contribution < -0.4 is 10.1 Å². The first-order chi connectivity index (χ1) is 14.1. The average molecular weight is 416 g/mol. The van der Waals surface area contributed by atoms with Gasteiger partial charge in [0.1, 0.15) is 11.4 Å². The van der Waals surface area contributed by atoms with Gasteiger partial charge in [-0.3, -0.25) is 0 Å². The minimum Gasteiger partial charge on any atom is -0.435 e. The molecule has 0 aliphatic carbocycles. The van der Waals surface area contributed by atoms with E-state index in [0.717, 1.165) is 27.7 Å². The Bertz CT molecular complexity index is 1120. The Morgan fingerprint density at radius 1 is 1.07 bits per heavy atom. The summed E-state index contributed by atoms with van der Waals surface area (Å²) in [5, 5.41) is 4.61. The highest BCUT2D eigenvalue weighted by Crippen LogP contribution is 2.22. The summed E-state index contributed by atoms with van der Waals surface area (Å²) < 4.78 is 29.0. The molecule has 4 aromatic rings. The van der Waals surface area contributed by atoms with Gasteiger partial charge in [-0.05, 0) is 34.9 Å². The highest BCUT2D eigenvalue weighted by atomic mass is 35.5. The van der Waals surface area contributed by atoms with Gasteiger partial charge < -0.3 is 15.0 Å². The molecule has 2 N–H and O–H groups in total. The predicted octanol–water partition coefficient (Wildman–Crippen LogP) is 4.81. The first-order valence-electron chi connectivity index (χ1n) is 8.77. The molecule has 0 aliphatic rings. The van der Waals surface area contributed by atoms with Crippen LogP contribution in [-0.2, 0) is 13.0 Å². The molecule has 0 amide bonds. The molecular weight excluding hydrogens is 400 g/mol. The Kier molecular flexibility index (Phi) is 5.53. The fourth-order valence-corrected chi connectivity index (χ4v) is 3.11. The molecule has 1 aromatic carbocycles. The zero-order chi connectivity index (χ0) is 20.2. The maximum Gasteiger partial charge on any atom is 0.387 e. The lowest BCUT2D eigenvalue weighted by Gasteiger charge is -2.08. The van der Waals surface area contributed by atoms with Crippen molar-refractivity contribution in [3.05, 3.63) is 76.8 Å². The van der Waals surface area contributed by atoms with Crippen molar-refractivity contribution in [3.8, 4) is 5.75 Å². The molecular formula is C20H16ClF2N5O. The van der Waals surface area contributed by atoms with E-state index in [1.54, 1.807) is 36.8 Å². The average Bonchev–Trinajstić information content (AvgIpc) is 3.09. The Balaban J connectivity index is 1.40. The monoisotopic (exact) mass is 415 g/mol. The largest absolute Gasteiger partial charge is 0.435 e. The lowest BCUT2D eigenvalue weighted by atomic mass is 10.1. The number of ether oxygens (including phenoxy) is 1. The van der Waals surface area contributed by atoms with Gasteiger partial charge >= 0.3 is 6.61 Å². The van der Waals surface area contributed by atoms with Crippen LogP contribution in [0, 0.1) is 0 Å². The summed E-state index contributed by atoms with van der Waals surface area (Å²) >= 11 is 6.04. The number of alkyl halides is 2. The molecule has 0 fully saturated rings.